The SMILES string of the molecule is NC(=O)N=[N+]([O-])c1ccc(O)cc1. The van der Waals surface area contributed by atoms with Gasteiger partial charge in [0.2, 0.25) is 5.69 Å². The van der Waals surface area contributed by atoms with Crippen LogP contribution in [0.1, 0.15) is 0 Å². The van der Waals surface area contributed by atoms with E-state index in [-0.39, 0.29) is 16.3 Å². The molecule has 0 bridgehead atoms. The molecule has 0 saturated carbocycles. The number of phenols is 1. The fraction of sp³-hybridized carbons (Fsp3) is 0. The summed E-state index contributed by atoms with van der Waals surface area (Å²) in [6.45, 7) is 0. The highest BCUT2D eigenvalue weighted by Crippen LogP contribution is 2.16. The van der Waals surface area contributed by atoms with E-state index in [0.717, 1.165) is 0 Å². The van der Waals surface area contributed by atoms with Crippen LogP contribution >= 0.6 is 0 Å². The molecule has 1 aromatic carbocycles. The molecule has 0 unspecified atom stereocenters. The molecule has 6 nitrogen and oxygen atoms in total. The van der Waals surface area contributed by atoms with Crippen LogP contribution in [-0.4, -0.2) is 16.0 Å². The Bertz CT molecular complexity index is 345. The van der Waals surface area contributed by atoms with Crippen molar-refractivity contribution in [2.45, 2.75) is 0 Å². The van der Waals surface area contributed by atoms with Gasteiger partial charge in [-0.25, -0.2) is 4.79 Å². The lowest BCUT2D eigenvalue weighted by atomic mass is 10.3. The third-order valence-electron chi connectivity index (χ3n) is 1.26. The predicted octanol–water partition coefficient (Wildman–Crippen LogP) is 1.06. The number of carbonyl (C=O) groups is 1. The molecule has 0 saturated heterocycles. The minimum atomic E-state index is -1.07. The van der Waals surface area contributed by atoms with Crippen molar-refractivity contribution in [3.63, 3.8) is 0 Å². The number of rotatable bonds is 1. The van der Waals surface area contributed by atoms with Gasteiger partial charge in [0, 0.05) is 12.1 Å². The summed E-state index contributed by atoms with van der Waals surface area (Å²) in [5, 5.41) is 22.7. The molecule has 0 aromatic heterocycles. The molecule has 0 aliphatic rings. The lowest BCUT2D eigenvalue weighted by Gasteiger charge is -1.97. The Hall–Kier alpha value is -2.11. The van der Waals surface area contributed by atoms with Crippen molar-refractivity contribution < 1.29 is 14.8 Å². The van der Waals surface area contributed by atoms with Crippen LogP contribution in [-0.2, 0) is 0 Å². The highest BCUT2D eigenvalue weighted by Gasteiger charge is 2.04. The monoisotopic (exact) mass is 181 g/mol. The maximum atomic E-state index is 10.9. The standard InChI is InChI=1S/C7H7N3O3/c8-7(12)9-10(13)5-1-3-6(11)4-2-5/h1-4,11H,(H2,8,12). The predicted molar refractivity (Wildman–Crippen MR) is 43.4 cm³/mol. The number of hydrogen-bond acceptors (Lipinski definition) is 3. The summed E-state index contributed by atoms with van der Waals surface area (Å²) < 4.78 is 0. The summed E-state index contributed by atoms with van der Waals surface area (Å²) in [5.41, 5.74) is 4.79. The van der Waals surface area contributed by atoms with E-state index in [2.05, 4.69) is 10.8 Å². The van der Waals surface area contributed by atoms with E-state index in [9.17, 15) is 10.0 Å². The normalized spacial score (nSPS) is 11.2. The van der Waals surface area contributed by atoms with Gasteiger partial charge in [-0.05, 0) is 17.0 Å². The van der Waals surface area contributed by atoms with Gasteiger partial charge in [0.1, 0.15) is 5.75 Å². The molecule has 0 aliphatic heterocycles. The van der Waals surface area contributed by atoms with Crippen LogP contribution in [0.5, 0.6) is 5.75 Å². The third-order valence-corrected chi connectivity index (χ3v) is 1.26. The average molecular weight is 181 g/mol. The van der Waals surface area contributed by atoms with Crippen LogP contribution in [0.3, 0.4) is 0 Å². The maximum Gasteiger partial charge on any atom is 0.399 e. The Morgan fingerprint density at radius 3 is 2.46 bits per heavy atom. The van der Waals surface area contributed by atoms with Gasteiger partial charge in [-0.1, -0.05) is 0 Å². The van der Waals surface area contributed by atoms with Crippen LogP contribution in [0.4, 0.5) is 10.5 Å². The number of amides is 2. The molecule has 1 rings (SSSR count). The van der Waals surface area contributed by atoms with Gasteiger partial charge >= 0.3 is 6.03 Å². The molecule has 0 radical (unpaired) electrons. The number of azo groups is 1. The minimum absolute atomic E-state index is 0.0243. The van der Waals surface area contributed by atoms with Crippen LogP contribution < -0.4 is 5.73 Å². The van der Waals surface area contributed by atoms with Gasteiger partial charge in [0.05, 0.1) is 5.11 Å². The van der Waals surface area contributed by atoms with E-state index in [0.29, 0.717) is 0 Å². The molecule has 0 heterocycles. The number of benzene rings is 1. The Labute approximate surface area is 73.5 Å². The summed E-state index contributed by atoms with van der Waals surface area (Å²) in [5.74, 6) is 0.0243. The summed E-state index contributed by atoms with van der Waals surface area (Å²) in [7, 11) is 0. The molecule has 0 aliphatic carbocycles. The van der Waals surface area contributed by atoms with E-state index in [1.807, 2.05) is 0 Å². The fourth-order valence-corrected chi connectivity index (χ4v) is 0.727. The molecular formula is C7H7N3O3. The van der Waals surface area contributed by atoms with Gasteiger partial charge in [-0.3, -0.25) is 0 Å². The van der Waals surface area contributed by atoms with Crippen molar-refractivity contribution >= 4 is 11.7 Å². The number of hydrogen-bond donors (Lipinski definition) is 2. The van der Waals surface area contributed by atoms with Gasteiger partial charge in [0.15, 0.2) is 0 Å². The van der Waals surface area contributed by atoms with E-state index >= 15 is 0 Å². The second-order valence-electron chi connectivity index (χ2n) is 2.23. The summed E-state index contributed by atoms with van der Waals surface area (Å²) >= 11 is 0. The molecule has 0 atom stereocenters. The zero-order valence-corrected chi connectivity index (χ0v) is 6.54. The molecule has 2 amide bonds. The lowest BCUT2D eigenvalue weighted by Crippen LogP contribution is -2.07. The van der Waals surface area contributed by atoms with Crippen LogP contribution in [0.15, 0.2) is 29.4 Å². The number of primary amides is 1. The first kappa shape index (κ1) is 8.98. The fourth-order valence-electron chi connectivity index (χ4n) is 0.727. The van der Waals surface area contributed by atoms with Crippen LogP contribution in [0.25, 0.3) is 0 Å². The minimum Gasteiger partial charge on any atom is -0.594 e. The third kappa shape index (κ3) is 2.44. The van der Waals surface area contributed by atoms with E-state index in [1.165, 1.54) is 24.3 Å². The van der Waals surface area contributed by atoms with Crippen LogP contribution in [0.2, 0.25) is 0 Å². The van der Waals surface area contributed by atoms with E-state index in [1.54, 1.807) is 0 Å². The molecule has 3 N–H and O–H groups in total. The number of nitrogens with two attached hydrogens (primary N) is 1. The molecule has 1 aromatic rings. The second kappa shape index (κ2) is 3.53. The van der Waals surface area contributed by atoms with Crippen molar-refractivity contribution in [2.75, 3.05) is 0 Å². The molecule has 68 valence electrons. The highest BCUT2D eigenvalue weighted by molar-refractivity contribution is 5.71. The van der Waals surface area contributed by atoms with Crippen LogP contribution in [0, 0.1) is 5.21 Å². The van der Waals surface area contributed by atoms with E-state index < -0.39 is 6.03 Å². The van der Waals surface area contributed by atoms with Crippen molar-refractivity contribution in [2.24, 2.45) is 10.8 Å². The van der Waals surface area contributed by atoms with Crippen molar-refractivity contribution in [3.05, 3.63) is 29.5 Å². The molecule has 13 heavy (non-hydrogen) atoms. The Morgan fingerprint density at radius 2 is 2.00 bits per heavy atom. The molecule has 0 fully saturated rings. The maximum absolute atomic E-state index is 10.9. The largest absolute Gasteiger partial charge is 0.594 e. The van der Waals surface area contributed by atoms with Crippen molar-refractivity contribution in [1.29, 1.82) is 0 Å². The quantitative estimate of drug-likeness (QED) is 0.384. The molecular weight excluding hydrogens is 174 g/mol. The lowest BCUT2D eigenvalue weighted by molar-refractivity contribution is -0.434. The number of urea groups is 1. The first-order chi connectivity index (χ1) is 6.09. The Balaban J connectivity index is 2.96. The number of phenolic OH excluding ortho intramolecular Hbond substituents is 1. The zero-order valence-electron chi connectivity index (χ0n) is 6.54. The summed E-state index contributed by atoms with van der Waals surface area (Å²) in [6.07, 6.45) is 0. The smallest absolute Gasteiger partial charge is 0.399 e. The average Bonchev–Trinajstić information content (AvgIpc) is 2.04. The molecule has 0 spiro atoms. The second-order valence-corrected chi connectivity index (χ2v) is 2.23. The first-order valence-corrected chi connectivity index (χ1v) is 3.37. The summed E-state index contributed by atoms with van der Waals surface area (Å²) in [4.78, 5) is 10.3. The zero-order chi connectivity index (χ0) is 9.84. The van der Waals surface area contributed by atoms with Crippen molar-refractivity contribution in [1.82, 2.24) is 0 Å². The Morgan fingerprint density at radius 1 is 1.46 bits per heavy atom. The van der Waals surface area contributed by atoms with Gasteiger partial charge in [0.25, 0.3) is 0 Å². The first-order valence-electron chi connectivity index (χ1n) is 3.37. The van der Waals surface area contributed by atoms with E-state index in [4.69, 9.17) is 5.11 Å². The van der Waals surface area contributed by atoms with Crippen molar-refractivity contribution in [3.8, 4) is 5.75 Å². The Kier molecular flexibility index (Phi) is 2.44. The van der Waals surface area contributed by atoms with Gasteiger partial charge < -0.3 is 16.0 Å². The highest BCUT2D eigenvalue weighted by atomic mass is 16.5. The van der Waals surface area contributed by atoms with Gasteiger partial charge in [-0.2, -0.15) is 0 Å². The number of carbonyl (C=O) groups excluding carboxylic acids is 1. The number of nitrogens with zero attached hydrogens (tertiary/aromatic N) is 2. The topological polar surface area (TPSA) is 102 Å². The molecule has 6 heteroatoms. The van der Waals surface area contributed by atoms with Gasteiger partial charge in [-0.15, -0.1) is 0 Å². The summed E-state index contributed by atoms with van der Waals surface area (Å²) in [6, 6.07) is 4.17. The number of aromatic hydroxyl groups is 1.